The van der Waals surface area contributed by atoms with Crippen LogP contribution in [0.2, 0.25) is 5.02 Å². The van der Waals surface area contributed by atoms with Gasteiger partial charge in [0.05, 0.1) is 48.8 Å². The van der Waals surface area contributed by atoms with Crippen LogP contribution in [0.1, 0.15) is 24.2 Å². The van der Waals surface area contributed by atoms with E-state index < -0.39 is 17.9 Å². The van der Waals surface area contributed by atoms with Crippen LogP contribution in [-0.4, -0.2) is 51.6 Å². The van der Waals surface area contributed by atoms with Crippen molar-refractivity contribution in [2.75, 3.05) is 32.5 Å². The molecular weight excluding hydrogens is 378 g/mol. The first kappa shape index (κ1) is 20.7. The highest BCUT2D eigenvalue weighted by Crippen LogP contribution is 2.33. The van der Waals surface area contributed by atoms with Crippen molar-refractivity contribution in [3.05, 3.63) is 40.1 Å². The van der Waals surface area contributed by atoms with E-state index in [0.717, 1.165) is 0 Å². The molecule has 8 nitrogen and oxygen atoms in total. The molecule has 0 bridgehead atoms. The van der Waals surface area contributed by atoms with Crippen molar-refractivity contribution in [2.45, 2.75) is 20.0 Å². The Bertz CT molecular complexity index is 788. The average molecular weight is 398 g/mol. The Labute approximate surface area is 161 Å². The third-order valence-electron chi connectivity index (χ3n) is 3.65. The molecule has 1 aliphatic heterocycles. The number of benzene rings is 1. The highest BCUT2D eigenvalue weighted by Gasteiger charge is 2.33. The minimum atomic E-state index is -0.759. The van der Waals surface area contributed by atoms with Crippen LogP contribution in [0.3, 0.4) is 0 Å². The third kappa shape index (κ3) is 4.58. The van der Waals surface area contributed by atoms with Gasteiger partial charge < -0.3 is 23.8 Å². The molecule has 0 aliphatic carbocycles. The average Bonchev–Trinajstić information content (AvgIpc) is 2.65. The van der Waals surface area contributed by atoms with E-state index in [9.17, 15) is 14.4 Å². The summed E-state index contributed by atoms with van der Waals surface area (Å²) in [4.78, 5) is 37.9. The first-order valence-electron chi connectivity index (χ1n) is 8.05. The Kier molecular flexibility index (Phi) is 6.81. The van der Waals surface area contributed by atoms with Crippen molar-refractivity contribution < 1.29 is 33.3 Å². The maximum absolute atomic E-state index is 12.3. The first-order valence-corrected chi connectivity index (χ1v) is 8.43. The lowest BCUT2D eigenvalue weighted by molar-refractivity contribution is -0.140. The Morgan fingerprint density at radius 1 is 1.11 bits per heavy atom. The van der Waals surface area contributed by atoms with Crippen molar-refractivity contribution in [1.29, 1.82) is 0 Å². The highest BCUT2D eigenvalue weighted by molar-refractivity contribution is 6.33. The molecule has 2 rings (SSSR count). The van der Waals surface area contributed by atoms with Crippen LogP contribution in [0.4, 0.5) is 5.69 Å². The van der Waals surface area contributed by atoms with Gasteiger partial charge in [0, 0.05) is 0 Å². The number of hydrogen-bond acceptors (Lipinski definition) is 8. The number of halogens is 1. The molecule has 0 radical (unpaired) electrons. The van der Waals surface area contributed by atoms with Gasteiger partial charge in [-0.1, -0.05) is 11.6 Å². The number of carbonyl (C=O) groups excluding carboxylic acids is 3. The van der Waals surface area contributed by atoms with Gasteiger partial charge in [0.2, 0.25) is 0 Å². The van der Waals surface area contributed by atoms with E-state index in [4.69, 9.17) is 30.5 Å². The van der Waals surface area contributed by atoms with Crippen LogP contribution in [-0.2, 0) is 28.5 Å². The lowest BCUT2D eigenvalue weighted by Gasteiger charge is -2.32. The van der Waals surface area contributed by atoms with E-state index in [2.05, 4.69) is 0 Å². The van der Waals surface area contributed by atoms with Crippen molar-refractivity contribution in [1.82, 2.24) is 0 Å². The van der Waals surface area contributed by atoms with Crippen molar-refractivity contribution in [2.24, 2.45) is 0 Å². The monoisotopic (exact) mass is 397 g/mol. The van der Waals surface area contributed by atoms with Crippen LogP contribution >= 0.6 is 11.6 Å². The van der Waals surface area contributed by atoms with Gasteiger partial charge >= 0.3 is 17.9 Å². The number of ether oxygens (including phenoxy) is 4. The summed E-state index contributed by atoms with van der Waals surface area (Å²) in [6.07, 6.45) is -0.300. The van der Waals surface area contributed by atoms with E-state index in [1.807, 2.05) is 0 Å². The second-order valence-corrected chi connectivity index (χ2v) is 6.24. The topological polar surface area (TPSA) is 91.4 Å². The molecule has 27 heavy (non-hydrogen) atoms. The minimum absolute atomic E-state index is 0.0122. The molecule has 0 spiro atoms. The van der Waals surface area contributed by atoms with Crippen LogP contribution in [0, 0.1) is 0 Å². The van der Waals surface area contributed by atoms with Gasteiger partial charge in [-0.15, -0.1) is 0 Å². The summed E-state index contributed by atoms with van der Waals surface area (Å²) in [5, 5.41) is 0.243. The highest BCUT2D eigenvalue weighted by atomic mass is 35.5. The summed E-state index contributed by atoms with van der Waals surface area (Å²) >= 11 is 6.27. The summed E-state index contributed by atoms with van der Waals surface area (Å²) in [5.41, 5.74) is 0.447. The molecule has 9 heteroatoms. The Morgan fingerprint density at radius 2 is 1.78 bits per heavy atom. The molecule has 1 heterocycles. The van der Waals surface area contributed by atoms with Gasteiger partial charge in [-0.25, -0.2) is 14.4 Å². The zero-order chi connectivity index (χ0) is 20.1. The minimum Gasteiger partial charge on any atom is -0.466 e. The van der Waals surface area contributed by atoms with Gasteiger partial charge in [0.1, 0.15) is 12.4 Å². The maximum atomic E-state index is 12.3. The molecule has 0 unspecified atom stereocenters. The second kappa shape index (κ2) is 8.88. The molecule has 1 aromatic rings. The Hall–Kier alpha value is -2.58. The Morgan fingerprint density at radius 3 is 2.37 bits per heavy atom. The fourth-order valence-corrected chi connectivity index (χ4v) is 2.68. The van der Waals surface area contributed by atoms with Crippen LogP contribution in [0.5, 0.6) is 0 Å². The normalized spacial score (nSPS) is 14.2. The molecule has 0 amide bonds. The predicted octanol–water partition coefficient (Wildman–Crippen LogP) is 2.30. The van der Waals surface area contributed by atoms with E-state index in [1.54, 1.807) is 13.8 Å². The predicted molar refractivity (Wildman–Crippen MR) is 96.4 cm³/mol. The molecule has 1 aliphatic rings. The summed E-state index contributed by atoms with van der Waals surface area (Å²) in [6, 6.07) is 4.46. The molecule has 0 saturated heterocycles. The molecular formula is C18H20ClNO7. The zero-order valence-electron chi connectivity index (χ0n) is 15.4. The van der Waals surface area contributed by atoms with E-state index in [-0.39, 0.29) is 47.0 Å². The number of methoxy groups -OCH3 is 2. The SMILES string of the molecule is COC(=O)C1=C(C(=O)OC)N(c2cc(C(=O)OC(C)C)ccc2Cl)COC1. The first-order chi connectivity index (χ1) is 12.8. The van der Waals surface area contributed by atoms with Gasteiger partial charge in [-0.3, -0.25) is 0 Å². The van der Waals surface area contributed by atoms with Crippen molar-refractivity contribution >= 4 is 35.2 Å². The molecule has 0 saturated carbocycles. The fourth-order valence-electron chi connectivity index (χ4n) is 2.46. The molecule has 146 valence electrons. The summed E-state index contributed by atoms with van der Waals surface area (Å²) in [5.74, 6) is -2.03. The number of esters is 3. The quantitative estimate of drug-likeness (QED) is 0.552. The van der Waals surface area contributed by atoms with Gasteiger partial charge in [0.15, 0.2) is 0 Å². The van der Waals surface area contributed by atoms with Crippen LogP contribution in [0.15, 0.2) is 29.5 Å². The largest absolute Gasteiger partial charge is 0.466 e. The summed E-state index contributed by atoms with van der Waals surface area (Å²) < 4.78 is 20.1. The summed E-state index contributed by atoms with van der Waals surface area (Å²) in [6.45, 7) is 3.26. The third-order valence-corrected chi connectivity index (χ3v) is 3.97. The Balaban J connectivity index is 2.55. The van der Waals surface area contributed by atoms with Gasteiger partial charge in [-0.2, -0.15) is 0 Å². The molecule has 1 aromatic carbocycles. The molecule has 0 aromatic heterocycles. The van der Waals surface area contributed by atoms with Crippen molar-refractivity contribution in [3.63, 3.8) is 0 Å². The second-order valence-electron chi connectivity index (χ2n) is 5.84. The van der Waals surface area contributed by atoms with Gasteiger partial charge in [0.25, 0.3) is 0 Å². The number of rotatable bonds is 5. The smallest absolute Gasteiger partial charge is 0.355 e. The molecule has 0 atom stereocenters. The lowest BCUT2D eigenvalue weighted by Crippen LogP contribution is -2.39. The van der Waals surface area contributed by atoms with E-state index >= 15 is 0 Å². The van der Waals surface area contributed by atoms with Crippen LogP contribution < -0.4 is 4.90 Å². The standard InChI is InChI=1S/C18H20ClNO7/c1-10(2)27-16(21)11-5-6-13(19)14(7-11)20-9-26-8-12(17(22)24-3)15(20)18(23)25-4/h5-7,10H,8-9H2,1-4H3. The molecule has 0 fully saturated rings. The molecule has 0 N–H and O–H groups in total. The number of hydrogen-bond donors (Lipinski definition) is 0. The van der Waals surface area contributed by atoms with Gasteiger partial charge in [-0.05, 0) is 32.0 Å². The lowest BCUT2D eigenvalue weighted by atomic mass is 10.1. The van der Waals surface area contributed by atoms with E-state index in [1.165, 1.54) is 37.3 Å². The summed E-state index contributed by atoms with van der Waals surface area (Å²) in [7, 11) is 2.38. The van der Waals surface area contributed by atoms with E-state index in [0.29, 0.717) is 0 Å². The number of anilines is 1. The number of carbonyl (C=O) groups is 3. The fraction of sp³-hybridized carbons (Fsp3) is 0.389. The van der Waals surface area contributed by atoms with Crippen molar-refractivity contribution in [3.8, 4) is 0 Å². The van der Waals surface area contributed by atoms with Crippen LogP contribution in [0.25, 0.3) is 0 Å². The zero-order valence-corrected chi connectivity index (χ0v) is 16.2. The number of nitrogens with zero attached hydrogens (tertiary/aromatic N) is 1. The maximum Gasteiger partial charge on any atom is 0.355 e.